The molecule has 3 N–H and O–H groups in total. The topological polar surface area (TPSA) is 92.5 Å². The quantitative estimate of drug-likeness (QED) is 0.783. The van der Waals surface area contributed by atoms with Gasteiger partial charge in [0.1, 0.15) is 0 Å². The molecule has 1 saturated heterocycles. The largest absolute Gasteiger partial charge is 0.399 e. The lowest BCUT2D eigenvalue weighted by atomic mass is 10.1. The van der Waals surface area contributed by atoms with Crippen molar-refractivity contribution >= 4 is 21.6 Å². The van der Waals surface area contributed by atoms with Crippen molar-refractivity contribution in [3.05, 3.63) is 29.8 Å². The molecule has 1 fully saturated rings. The Kier molecular flexibility index (Phi) is 5.19. The average Bonchev–Trinajstić information content (AvgIpc) is 2.48. The molecular weight excluding hydrogens is 290 g/mol. The zero-order valence-corrected chi connectivity index (χ0v) is 12.7. The number of nitrogens with two attached hydrogens (primary N) is 1. The maximum Gasteiger partial charge on any atom is 0.237 e. The first-order chi connectivity index (χ1) is 9.96. The highest BCUT2D eigenvalue weighted by Gasteiger charge is 2.19. The molecule has 1 heterocycles. The Balaban J connectivity index is 1.85. The molecule has 21 heavy (non-hydrogen) atoms. The standard InChI is InChI=1S/C14H21N3O3S/c15-13-6-4-12(5-7-13)11-21(19,20)16-10-14(18)17-8-2-1-3-9-17/h4-7,16H,1-3,8-11,15H2. The maximum absolute atomic E-state index is 12.0. The molecule has 2 rings (SSSR count). The lowest BCUT2D eigenvalue weighted by Crippen LogP contribution is -2.42. The van der Waals surface area contributed by atoms with Crippen molar-refractivity contribution in [2.24, 2.45) is 0 Å². The third-order valence-electron chi connectivity index (χ3n) is 3.49. The highest BCUT2D eigenvalue weighted by Crippen LogP contribution is 2.10. The summed E-state index contributed by atoms with van der Waals surface area (Å²) in [5.74, 6) is -0.309. The molecule has 0 radical (unpaired) electrons. The average molecular weight is 311 g/mol. The van der Waals surface area contributed by atoms with Crippen molar-refractivity contribution < 1.29 is 13.2 Å². The molecule has 1 amide bonds. The zero-order valence-electron chi connectivity index (χ0n) is 11.9. The Morgan fingerprint density at radius 2 is 1.76 bits per heavy atom. The number of nitrogens with one attached hydrogen (secondary N) is 1. The van der Waals surface area contributed by atoms with Gasteiger partial charge in [-0.2, -0.15) is 0 Å². The van der Waals surface area contributed by atoms with Gasteiger partial charge < -0.3 is 10.6 Å². The molecule has 0 aliphatic carbocycles. The van der Waals surface area contributed by atoms with Crippen LogP contribution in [-0.2, 0) is 20.6 Å². The van der Waals surface area contributed by atoms with E-state index in [9.17, 15) is 13.2 Å². The number of hydrogen-bond acceptors (Lipinski definition) is 4. The van der Waals surface area contributed by atoms with Crippen LogP contribution in [0, 0.1) is 0 Å². The van der Waals surface area contributed by atoms with E-state index in [0.29, 0.717) is 11.3 Å². The fourth-order valence-corrected chi connectivity index (χ4v) is 3.39. The van der Waals surface area contributed by atoms with Crippen LogP contribution in [0.5, 0.6) is 0 Å². The van der Waals surface area contributed by atoms with Crippen LogP contribution < -0.4 is 10.5 Å². The van der Waals surface area contributed by atoms with Gasteiger partial charge in [0.05, 0.1) is 12.3 Å². The third-order valence-corrected chi connectivity index (χ3v) is 4.79. The number of nitrogen functional groups attached to an aromatic ring is 1. The fourth-order valence-electron chi connectivity index (χ4n) is 2.31. The summed E-state index contributed by atoms with van der Waals surface area (Å²) in [6.45, 7) is 1.27. The van der Waals surface area contributed by atoms with Crippen LogP contribution in [0.25, 0.3) is 0 Å². The van der Waals surface area contributed by atoms with Crippen molar-refractivity contribution in [3.63, 3.8) is 0 Å². The van der Waals surface area contributed by atoms with Crippen molar-refractivity contribution in [2.45, 2.75) is 25.0 Å². The Morgan fingerprint density at radius 3 is 2.38 bits per heavy atom. The molecule has 0 aromatic heterocycles. The number of amides is 1. The summed E-state index contributed by atoms with van der Waals surface area (Å²) in [5, 5.41) is 0. The second kappa shape index (κ2) is 6.91. The SMILES string of the molecule is Nc1ccc(CS(=O)(=O)NCC(=O)N2CCCCC2)cc1. The van der Waals surface area contributed by atoms with Gasteiger partial charge in [0.2, 0.25) is 15.9 Å². The lowest BCUT2D eigenvalue weighted by Gasteiger charge is -2.26. The number of benzene rings is 1. The molecule has 0 unspecified atom stereocenters. The highest BCUT2D eigenvalue weighted by molar-refractivity contribution is 7.88. The second-order valence-corrected chi connectivity index (χ2v) is 7.07. The van der Waals surface area contributed by atoms with Crippen molar-refractivity contribution in [1.82, 2.24) is 9.62 Å². The minimum absolute atomic E-state index is 0.152. The van der Waals surface area contributed by atoms with Crippen molar-refractivity contribution in [3.8, 4) is 0 Å². The van der Waals surface area contributed by atoms with E-state index in [-0.39, 0.29) is 18.2 Å². The summed E-state index contributed by atoms with van der Waals surface area (Å²) >= 11 is 0. The summed E-state index contributed by atoms with van der Waals surface area (Å²) in [6, 6.07) is 6.65. The Hall–Kier alpha value is -1.60. The monoisotopic (exact) mass is 311 g/mol. The highest BCUT2D eigenvalue weighted by atomic mass is 32.2. The van der Waals surface area contributed by atoms with Gasteiger partial charge in [-0.1, -0.05) is 12.1 Å². The van der Waals surface area contributed by atoms with Gasteiger partial charge in [0.15, 0.2) is 0 Å². The molecule has 1 aliphatic rings. The molecule has 1 aromatic rings. The molecule has 6 nitrogen and oxygen atoms in total. The molecule has 7 heteroatoms. The first-order valence-corrected chi connectivity index (χ1v) is 8.71. The number of carbonyl (C=O) groups excluding carboxylic acids is 1. The number of rotatable bonds is 5. The molecule has 0 saturated carbocycles. The first kappa shape index (κ1) is 15.8. The van der Waals surface area contributed by atoms with E-state index in [2.05, 4.69) is 4.72 Å². The molecular formula is C14H21N3O3S. The van der Waals surface area contributed by atoms with Crippen LogP contribution in [0.4, 0.5) is 5.69 Å². The van der Waals surface area contributed by atoms with Gasteiger partial charge in [-0.3, -0.25) is 4.79 Å². The number of nitrogens with zero attached hydrogens (tertiary/aromatic N) is 1. The number of anilines is 1. The predicted molar refractivity (Wildman–Crippen MR) is 81.9 cm³/mol. The molecule has 116 valence electrons. The zero-order chi connectivity index (χ0) is 15.3. The molecule has 0 spiro atoms. The molecule has 0 bridgehead atoms. The fraction of sp³-hybridized carbons (Fsp3) is 0.500. The normalized spacial score (nSPS) is 15.9. The predicted octanol–water partition coefficient (Wildman–Crippen LogP) is 0.701. The second-order valence-electron chi connectivity index (χ2n) is 5.26. The number of sulfonamides is 1. The Labute approximate surface area is 125 Å². The minimum Gasteiger partial charge on any atom is -0.399 e. The van der Waals surface area contributed by atoms with Crippen LogP contribution in [0.1, 0.15) is 24.8 Å². The number of piperidine rings is 1. The Bertz CT molecular complexity index is 578. The van der Waals surface area contributed by atoms with Gasteiger partial charge in [0.25, 0.3) is 0 Å². The first-order valence-electron chi connectivity index (χ1n) is 7.06. The van der Waals surface area contributed by atoms with E-state index in [1.54, 1.807) is 29.2 Å². The van der Waals surface area contributed by atoms with E-state index in [1.165, 1.54) is 0 Å². The van der Waals surface area contributed by atoms with Crippen LogP contribution >= 0.6 is 0 Å². The van der Waals surface area contributed by atoms with Gasteiger partial charge in [-0.05, 0) is 37.0 Å². The molecule has 1 aliphatic heterocycles. The molecule has 1 aromatic carbocycles. The number of carbonyl (C=O) groups is 1. The minimum atomic E-state index is -3.52. The summed E-state index contributed by atoms with van der Waals surface area (Å²) in [7, 11) is -3.52. The molecule has 0 atom stereocenters. The van der Waals surface area contributed by atoms with Gasteiger partial charge in [0, 0.05) is 18.8 Å². The summed E-state index contributed by atoms with van der Waals surface area (Å²) in [4.78, 5) is 13.6. The smallest absolute Gasteiger partial charge is 0.237 e. The summed E-state index contributed by atoms with van der Waals surface area (Å²) in [6.07, 6.45) is 3.11. The van der Waals surface area contributed by atoms with Crippen LogP contribution in [0.2, 0.25) is 0 Å². The van der Waals surface area contributed by atoms with Crippen LogP contribution in [-0.4, -0.2) is 38.9 Å². The third kappa shape index (κ3) is 5.02. The van der Waals surface area contributed by atoms with Crippen molar-refractivity contribution in [2.75, 3.05) is 25.4 Å². The van der Waals surface area contributed by atoms with Gasteiger partial charge >= 0.3 is 0 Å². The van der Waals surface area contributed by atoms with E-state index in [0.717, 1.165) is 32.4 Å². The maximum atomic E-state index is 12.0. The van der Waals surface area contributed by atoms with Crippen LogP contribution in [0.3, 0.4) is 0 Å². The van der Waals surface area contributed by atoms with Crippen LogP contribution in [0.15, 0.2) is 24.3 Å². The number of hydrogen-bond donors (Lipinski definition) is 2. The van der Waals surface area contributed by atoms with E-state index in [4.69, 9.17) is 5.73 Å². The number of likely N-dealkylation sites (tertiary alicyclic amines) is 1. The lowest BCUT2D eigenvalue weighted by molar-refractivity contribution is -0.130. The van der Waals surface area contributed by atoms with Gasteiger partial charge in [-0.25, -0.2) is 13.1 Å². The van der Waals surface area contributed by atoms with Crippen molar-refractivity contribution in [1.29, 1.82) is 0 Å². The van der Waals surface area contributed by atoms with E-state index in [1.807, 2.05) is 0 Å². The van der Waals surface area contributed by atoms with E-state index < -0.39 is 10.0 Å². The summed E-state index contributed by atoms with van der Waals surface area (Å²) < 4.78 is 26.3. The van der Waals surface area contributed by atoms with Gasteiger partial charge in [-0.15, -0.1) is 0 Å². The van der Waals surface area contributed by atoms with E-state index >= 15 is 0 Å². The summed E-state index contributed by atoms with van der Waals surface area (Å²) in [5.41, 5.74) is 6.78. The Morgan fingerprint density at radius 1 is 1.14 bits per heavy atom.